The minimum Gasteiger partial charge on any atom is -0.336 e. The highest BCUT2D eigenvalue weighted by Gasteiger charge is 2.26. The lowest BCUT2D eigenvalue weighted by Crippen LogP contribution is -2.33. The van der Waals surface area contributed by atoms with Gasteiger partial charge in [0.15, 0.2) is 0 Å². The number of nitrogens with zero attached hydrogens (tertiary/aromatic N) is 5. The molecule has 4 rings (SSSR count). The molecule has 0 radical (unpaired) electrons. The van der Waals surface area contributed by atoms with E-state index in [0.29, 0.717) is 11.3 Å². The van der Waals surface area contributed by atoms with Crippen LogP contribution in [0.1, 0.15) is 5.56 Å². The molecule has 3 heterocycles. The van der Waals surface area contributed by atoms with E-state index < -0.39 is 0 Å². The average Bonchev–Trinajstić information content (AvgIpc) is 2.92. The lowest BCUT2D eigenvalue weighted by molar-refractivity contribution is -0.119. The van der Waals surface area contributed by atoms with E-state index in [4.69, 9.17) is 11.6 Å². The van der Waals surface area contributed by atoms with Crippen molar-refractivity contribution in [1.82, 2.24) is 14.5 Å². The van der Waals surface area contributed by atoms with E-state index in [1.54, 1.807) is 11.9 Å². The number of likely N-dealkylation sites (N-methyl/N-ethyl adjacent to an activating group) is 1. The summed E-state index contributed by atoms with van der Waals surface area (Å²) in [4.78, 5) is 21.8. The summed E-state index contributed by atoms with van der Waals surface area (Å²) in [6.45, 7) is 0.255. The maximum Gasteiger partial charge on any atom is 0.246 e. The lowest BCUT2D eigenvalue weighted by Gasteiger charge is -2.24. The number of rotatable bonds is 1. The summed E-state index contributed by atoms with van der Waals surface area (Å²) in [7, 11) is 1.76. The van der Waals surface area contributed by atoms with E-state index in [9.17, 15) is 10.1 Å². The number of aromatic nitrogens is 3. The van der Waals surface area contributed by atoms with E-state index in [1.807, 2.05) is 29.0 Å². The van der Waals surface area contributed by atoms with Crippen molar-refractivity contribution in [1.29, 1.82) is 5.26 Å². The van der Waals surface area contributed by atoms with Crippen LogP contribution in [0.15, 0.2) is 30.6 Å². The number of amides is 1. The van der Waals surface area contributed by atoms with E-state index in [-0.39, 0.29) is 17.7 Å². The van der Waals surface area contributed by atoms with Gasteiger partial charge in [0.1, 0.15) is 12.6 Å². The van der Waals surface area contributed by atoms with E-state index in [0.717, 1.165) is 22.2 Å². The van der Waals surface area contributed by atoms with Crippen LogP contribution in [0, 0.1) is 11.3 Å². The van der Waals surface area contributed by atoms with Gasteiger partial charge in [0.2, 0.25) is 11.2 Å². The quantitative estimate of drug-likeness (QED) is 0.645. The average molecular weight is 324 g/mol. The Labute approximate surface area is 136 Å². The monoisotopic (exact) mass is 323 g/mol. The molecular formula is C16H10ClN5O. The zero-order chi connectivity index (χ0) is 16.1. The van der Waals surface area contributed by atoms with Gasteiger partial charge in [-0.05, 0) is 17.7 Å². The molecular weight excluding hydrogens is 314 g/mol. The SMILES string of the molecule is CN1C(=O)Cn2cc(-c3nc(Cl)ncc3C#N)c3cccc1c32. The molecule has 2 aromatic heterocycles. The van der Waals surface area contributed by atoms with Crippen LogP contribution in [0.4, 0.5) is 5.69 Å². The Morgan fingerprint density at radius 2 is 2.22 bits per heavy atom. The first-order chi connectivity index (χ1) is 11.1. The molecule has 6 nitrogen and oxygen atoms in total. The van der Waals surface area contributed by atoms with Crippen LogP contribution >= 0.6 is 11.6 Å². The zero-order valence-electron chi connectivity index (χ0n) is 12.1. The van der Waals surface area contributed by atoms with Gasteiger partial charge in [0, 0.05) is 24.2 Å². The van der Waals surface area contributed by atoms with Gasteiger partial charge in [-0.2, -0.15) is 5.26 Å². The molecule has 1 aromatic carbocycles. The van der Waals surface area contributed by atoms with Crippen molar-refractivity contribution in [3.8, 4) is 17.3 Å². The molecule has 0 saturated carbocycles. The Morgan fingerprint density at radius 1 is 1.39 bits per heavy atom. The first-order valence-electron chi connectivity index (χ1n) is 6.91. The second kappa shape index (κ2) is 4.80. The van der Waals surface area contributed by atoms with E-state index in [2.05, 4.69) is 16.0 Å². The molecule has 0 unspecified atom stereocenters. The van der Waals surface area contributed by atoms with Gasteiger partial charge in [-0.25, -0.2) is 9.97 Å². The molecule has 0 bridgehead atoms. The molecule has 0 aliphatic carbocycles. The van der Waals surface area contributed by atoms with Crippen molar-refractivity contribution in [2.75, 3.05) is 11.9 Å². The number of halogens is 1. The largest absolute Gasteiger partial charge is 0.336 e. The van der Waals surface area contributed by atoms with E-state index >= 15 is 0 Å². The number of carbonyl (C=O) groups is 1. The Morgan fingerprint density at radius 3 is 3.00 bits per heavy atom. The summed E-state index contributed by atoms with van der Waals surface area (Å²) >= 11 is 5.90. The molecule has 23 heavy (non-hydrogen) atoms. The van der Waals surface area contributed by atoms with Gasteiger partial charge in [-0.3, -0.25) is 4.79 Å². The molecule has 7 heteroatoms. The van der Waals surface area contributed by atoms with E-state index in [1.165, 1.54) is 6.20 Å². The van der Waals surface area contributed by atoms with Crippen molar-refractivity contribution in [3.05, 3.63) is 41.4 Å². The van der Waals surface area contributed by atoms with Crippen molar-refractivity contribution in [3.63, 3.8) is 0 Å². The Kier molecular flexibility index (Phi) is 2.86. The summed E-state index contributed by atoms with van der Waals surface area (Å²) in [5.41, 5.74) is 3.38. The first-order valence-corrected chi connectivity index (χ1v) is 7.29. The third-order valence-corrected chi connectivity index (χ3v) is 4.24. The molecule has 3 aromatic rings. The van der Waals surface area contributed by atoms with Gasteiger partial charge < -0.3 is 9.47 Å². The van der Waals surface area contributed by atoms with Gasteiger partial charge in [0.05, 0.1) is 28.7 Å². The number of anilines is 1. The van der Waals surface area contributed by atoms with Crippen LogP contribution in [-0.4, -0.2) is 27.5 Å². The maximum atomic E-state index is 12.1. The standard InChI is InChI=1S/C16H10ClN5O/c1-21-12-4-2-3-10-11(7-22(15(10)12)8-13(21)23)14-9(5-18)6-19-16(17)20-14/h2-4,6-7H,8H2,1H3. The first kappa shape index (κ1) is 13.7. The summed E-state index contributed by atoms with van der Waals surface area (Å²) in [5.74, 6) is 0.00776. The van der Waals surface area contributed by atoms with Crippen LogP contribution < -0.4 is 4.90 Å². The Hall–Kier alpha value is -2.91. The summed E-state index contributed by atoms with van der Waals surface area (Å²) in [5, 5.41) is 10.3. The maximum absolute atomic E-state index is 12.1. The highest BCUT2D eigenvalue weighted by molar-refractivity contribution is 6.28. The summed E-state index contributed by atoms with van der Waals surface area (Å²) in [6, 6.07) is 7.83. The molecule has 1 aliphatic heterocycles. The molecule has 0 spiro atoms. The summed E-state index contributed by atoms with van der Waals surface area (Å²) in [6.07, 6.45) is 3.26. The molecule has 0 N–H and O–H groups in total. The lowest BCUT2D eigenvalue weighted by atomic mass is 10.1. The fourth-order valence-electron chi connectivity index (χ4n) is 2.96. The fraction of sp³-hybridized carbons (Fsp3) is 0.125. The molecule has 0 atom stereocenters. The molecule has 112 valence electrons. The minimum absolute atomic E-state index is 0.00776. The van der Waals surface area contributed by atoms with Crippen molar-refractivity contribution in [2.24, 2.45) is 0 Å². The Balaban J connectivity index is 2.08. The van der Waals surface area contributed by atoms with Crippen LogP contribution in [-0.2, 0) is 11.3 Å². The Bertz CT molecular complexity index is 1020. The number of nitriles is 1. The zero-order valence-corrected chi connectivity index (χ0v) is 12.9. The highest BCUT2D eigenvalue weighted by Crippen LogP contribution is 2.38. The number of benzene rings is 1. The normalized spacial score (nSPS) is 13.4. The summed E-state index contributed by atoms with van der Waals surface area (Å²) < 4.78 is 1.89. The predicted octanol–water partition coefficient (Wildman–Crippen LogP) is 2.60. The number of hydrogen-bond acceptors (Lipinski definition) is 4. The third kappa shape index (κ3) is 1.91. The van der Waals surface area contributed by atoms with Crippen molar-refractivity contribution in [2.45, 2.75) is 6.54 Å². The third-order valence-electron chi connectivity index (χ3n) is 4.05. The number of carbonyl (C=O) groups excluding carboxylic acids is 1. The number of hydrogen-bond donors (Lipinski definition) is 0. The van der Waals surface area contributed by atoms with Crippen molar-refractivity contribution < 1.29 is 4.79 Å². The molecule has 0 saturated heterocycles. The van der Waals surface area contributed by atoms with Crippen LogP contribution in [0.5, 0.6) is 0 Å². The topological polar surface area (TPSA) is 74.8 Å². The van der Waals surface area contributed by atoms with Gasteiger partial charge in [0.25, 0.3) is 0 Å². The van der Waals surface area contributed by atoms with Gasteiger partial charge in [-0.15, -0.1) is 0 Å². The van der Waals surface area contributed by atoms with Crippen molar-refractivity contribution >= 4 is 34.1 Å². The van der Waals surface area contributed by atoms with Crippen LogP contribution in [0.2, 0.25) is 5.28 Å². The predicted molar refractivity (Wildman–Crippen MR) is 86.1 cm³/mol. The second-order valence-corrected chi connectivity index (χ2v) is 5.65. The fourth-order valence-corrected chi connectivity index (χ4v) is 3.09. The van der Waals surface area contributed by atoms with Gasteiger partial charge >= 0.3 is 0 Å². The highest BCUT2D eigenvalue weighted by atomic mass is 35.5. The van der Waals surface area contributed by atoms with Crippen LogP contribution in [0.25, 0.3) is 22.2 Å². The second-order valence-electron chi connectivity index (χ2n) is 5.31. The molecule has 1 amide bonds. The van der Waals surface area contributed by atoms with Gasteiger partial charge in [-0.1, -0.05) is 12.1 Å². The molecule has 1 aliphatic rings. The number of para-hydroxylation sites is 1. The van der Waals surface area contributed by atoms with Crippen LogP contribution in [0.3, 0.4) is 0 Å². The minimum atomic E-state index is 0.00776. The smallest absolute Gasteiger partial charge is 0.246 e. The molecule has 0 fully saturated rings.